The monoisotopic (exact) mass is 272 g/mol. The van der Waals surface area contributed by atoms with Crippen LogP contribution in [0, 0.1) is 11.8 Å². The molecule has 1 N–H and O–H groups in total. The number of piperidine rings is 1. The van der Waals surface area contributed by atoms with Crippen LogP contribution in [0.25, 0.3) is 0 Å². The van der Waals surface area contributed by atoms with Crippen molar-refractivity contribution in [2.75, 3.05) is 26.2 Å². The molecule has 0 bridgehead atoms. The molecule has 2 unspecified atom stereocenters. The van der Waals surface area contributed by atoms with Gasteiger partial charge in [0.15, 0.2) is 0 Å². The first kappa shape index (κ1) is 12.9. The predicted octanol–water partition coefficient (Wildman–Crippen LogP) is 1.85. The summed E-state index contributed by atoms with van der Waals surface area (Å²) in [6.07, 6.45) is 1.16. The number of carbonyl (C=O) groups excluding carboxylic acids is 1. The third kappa shape index (κ3) is 2.49. The van der Waals surface area contributed by atoms with Crippen LogP contribution in [0.3, 0.4) is 0 Å². The standard InChI is InChI=1S/C12H16N2OS.ClH/c15-12(10-2-4-16-8-10)14-3-1-9-5-13-6-11(9)7-14;/h2,4,8-9,11,13H,1,3,5-7H2;1H. The van der Waals surface area contributed by atoms with Crippen LogP contribution in [0.4, 0.5) is 0 Å². The molecule has 0 aromatic carbocycles. The Morgan fingerprint density at radius 1 is 1.41 bits per heavy atom. The van der Waals surface area contributed by atoms with Crippen molar-refractivity contribution >= 4 is 29.7 Å². The van der Waals surface area contributed by atoms with E-state index < -0.39 is 0 Å². The van der Waals surface area contributed by atoms with E-state index >= 15 is 0 Å². The van der Waals surface area contributed by atoms with Crippen molar-refractivity contribution < 1.29 is 4.79 Å². The molecule has 3 rings (SSSR count). The smallest absolute Gasteiger partial charge is 0.254 e. The Balaban J connectivity index is 0.00000108. The van der Waals surface area contributed by atoms with Crippen LogP contribution in [-0.2, 0) is 0 Å². The van der Waals surface area contributed by atoms with E-state index in [1.165, 1.54) is 0 Å². The molecule has 2 aliphatic heterocycles. The minimum atomic E-state index is 0. The molecule has 0 saturated carbocycles. The molecule has 2 saturated heterocycles. The zero-order valence-electron chi connectivity index (χ0n) is 9.59. The number of fused-ring (bicyclic) bond motifs is 1. The van der Waals surface area contributed by atoms with Gasteiger partial charge in [-0.25, -0.2) is 0 Å². The van der Waals surface area contributed by atoms with Gasteiger partial charge in [0.25, 0.3) is 5.91 Å². The lowest BCUT2D eigenvalue weighted by atomic mass is 9.88. The van der Waals surface area contributed by atoms with Crippen molar-refractivity contribution in [2.24, 2.45) is 11.8 Å². The zero-order chi connectivity index (χ0) is 11.0. The molecule has 0 radical (unpaired) electrons. The van der Waals surface area contributed by atoms with Gasteiger partial charge in [0.1, 0.15) is 0 Å². The third-order valence-electron chi connectivity index (χ3n) is 3.76. The number of likely N-dealkylation sites (tertiary alicyclic amines) is 1. The van der Waals surface area contributed by atoms with E-state index in [4.69, 9.17) is 0 Å². The summed E-state index contributed by atoms with van der Waals surface area (Å²) in [6.45, 7) is 4.09. The highest BCUT2D eigenvalue weighted by Gasteiger charge is 2.34. The normalized spacial score (nSPS) is 27.4. The van der Waals surface area contributed by atoms with Crippen LogP contribution >= 0.6 is 23.7 Å². The maximum absolute atomic E-state index is 12.2. The van der Waals surface area contributed by atoms with Crippen molar-refractivity contribution in [3.63, 3.8) is 0 Å². The lowest BCUT2D eigenvalue weighted by Crippen LogP contribution is -2.43. The van der Waals surface area contributed by atoms with E-state index in [0.29, 0.717) is 5.92 Å². The van der Waals surface area contributed by atoms with Crippen LogP contribution < -0.4 is 5.32 Å². The van der Waals surface area contributed by atoms with Gasteiger partial charge in [-0.15, -0.1) is 12.4 Å². The second-order valence-corrected chi connectivity index (χ2v) is 5.51. The van der Waals surface area contributed by atoms with Gasteiger partial charge in [-0.3, -0.25) is 4.79 Å². The number of thiophene rings is 1. The molecule has 1 aromatic heterocycles. The Bertz CT molecular complexity index is 382. The number of nitrogens with one attached hydrogen (secondary N) is 1. The molecule has 1 amide bonds. The topological polar surface area (TPSA) is 32.3 Å². The number of halogens is 1. The van der Waals surface area contributed by atoms with Crippen molar-refractivity contribution in [1.82, 2.24) is 10.2 Å². The van der Waals surface area contributed by atoms with Crippen molar-refractivity contribution in [3.05, 3.63) is 22.4 Å². The fourth-order valence-electron chi connectivity index (χ4n) is 2.79. The molecule has 1 aromatic rings. The first-order valence-electron chi connectivity index (χ1n) is 5.87. The Hall–Kier alpha value is -0.580. The average molecular weight is 273 g/mol. The van der Waals surface area contributed by atoms with Gasteiger partial charge in [-0.2, -0.15) is 11.3 Å². The number of hydrogen-bond acceptors (Lipinski definition) is 3. The summed E-state index contributed by atoms with van der Waals surface area (Å²) in [5, 5.41) is 7.34. The molecule has 2 fully saturated rings. The van der Waals surface area contributed by atoms with Gasteiger partial charge in [0.05, 0.1) is 5.56 Å². The van der Waals surface area contributed by atoms with Gasteiger partial charge in [-0.05, 0) is 42.8 Å². The number of rotatable bonds is 1. The lowest BCUT2D eigenvalue weighted by molar-refractivity contribution is 0.0643. The largest absolute Gasteiger partial charge is 0.338 e. The van der Waals surface area contributed by atoms with E-state index in [1.54, 1.807) is 11.3 Å². The Labute approximate surface area is 112 Å². The number of nitrogens with zero attached hydrogens (tertiary/aromatic N) is 1. The Morgan fingerprint density at radius 3 is 3.00 bits per heavy atom. The van der Waals surface area contributed by atoms with E-state index in [2.05, 4.69) is 5.32 Å². The van der Waals surface area contributed by atoms with Gasteiger partial charge >= 0.3 is 0 Å². The highest BCUT2D eigenvalue weighted by molar-refractivity contribution is 7.08. The molecule has 17 heavy (non-hydrogen) atoms. The van der Waals surface area contributed by atoms with E-state index in [-0.39, 0.29) is 18.3 Å². The van der Waals surface area contributed by atoms with Crippen molar-refractivity contribution in [2.45, 2.75) is 6.42 Å². The first-order chi connectivity index (χ1) is 7.84. The maximum Gasteiger partial charge on any atom is 0.254 e. The molecular weight excluding hydrogens is 256 g/mol. The molecule has 0 aliphatic carbocycles. The molecule has 94 valence electrons. The molecule has 3 heterocycles. The molecule has 3 nitrogen and oxygen atoms in total. The average Bonchev–Trinajstić information content (AvgIpc) is 2.98. The van der Waals surface area contributed by atoms with Crippen molar-refractivity contribution in [3.8, 4) is 0 Å². The predicted molar refractivity (Wildman–Crippen MR) is 71.9 cm³/mol. The van der Waals surface area contributed by atoms with Crippen molar-refractivity contribution in [1.29, 1.82) is 0 Å². The summed E-state index contributed by atoms with van der Waals surface area (Å²) in [5.41, 5.74) is 0.856. The van der Waals surface area contributed by atoms with E-state index in [1.807, 2.05) is 21.7 Å². The minimum Gasteiger partial charge on any atom is -0.338 e. The summed E-state index contributed by atoms with van der Waals surface area (Å²) < 4.78 is 0. The summed E-state index contributed by atoms with van der Waals surface area (Å²) >= 11 is 1.59. The SMILES string of the molecule is Cl.O=C(c1ccsc1)N1CCC2CNCC2C1. The third-order valence-corrected chi connectivity index (χ3v) is 4.44. The second kappa shape index (κ2) is 5.38. The highest BCUT2D eigenvalue weighted by Crippen LogP contribution is 2.27. The fourth-order valence-corrected chi connectivity index (χ4v) is 3.42. The minimum absolute atomic E-state index is 0. The number of hydrogen-bond donors (Lipinski definition) is 1. The summed E-state index contributed by atoms with van der Waals surface area (Å²) in [7, 11) is 0. The van der Waals surface area contributed by atoms with Gasteiger partial charge < -0.3 is 10.2 Å². The summed E-state index contributed by atoms with van der Waals surface area (Å²) in [4.78, 5) is 14.2. The summed E-state index contributed by atoms with van der Waals surface area (Å²) in [5.74, 6) is 1.69. The highest BCUT2D eigenvalue weighted by atomic mass is 35.5. The number of carbonyl (C=O) groups is 1. The van der Waals surface area contributed by atoms with E-state index in [9.17, 15) is 4.79 Å². The molecule has 5 heteroatoms. The quantitative estimate of drug-likeness (QED) is 0.846. The fraction of sp³-hybridized carbons (Fsp3) is 0.583. The second-order valence-electron chi connectivity index (χ2n) is 4.73. The Morgan fingerprint density at radius 2 is 2.24 bits per heavy atom. The molecule has 2 aliphatic rings. The summed E-state index contributed by atoms with van der Waals surface area (Å²) in [6, 6.07) is 1.92. The number of amides is 1. The van der Waals surface area contributed by atoms with Crippen LogP contribution in [-0.4, -0.2) is 37.0 Å². The van der Waals surface area contributed by atoms with Crippen LogP contribution in [0.2, 0.25) is 0 Å². The van der Waals surface area contributed by atoms with Gasteiger partial charge in [-0.1, -0.05) is 0 Å². The molecule has 0 spiro atoms. The maximum atomic E-state index is 12.2. The lowest BCUT2D eigenvalue weighted by Gasteiger charge is -2.34. The first-order valence-corrected chi connectivity index (χ1v) is 6.81. The van der Waals surface area contributed by atoms with Crippen LogP contribution in [0.1, 0.15) is 16.8 Å². The van der Waals surface area contributed by atoms with Crippen LogP contribution in [0.5, 0.6) is 0 Å². The van der Waals surface area contributed by atoms with Gasteiger partial charge in [0, 0.05) is 18.5 Å². The van der Waals surface area contributed by atoms with E-state index in [0.717, 1.165) is 44.1 Å². The van der Waals surface area contributed by atoms with Gasteiger partial charge in [0.2, 0.25) is 0 Å². The molecule has 2 atom stereocenters. The zero-order valence-corrected chi connectivity index (χ0v) is 11.2. The van der Waals surface area contributed by atoms with Crippen LogP contribution in [0.15, 0.2) is 16.8 Å². The Kier molecular flexibility index (Phi) is 4.07. The molecular formula is C12H17ClN2OS.